The maximum absolute atomic E-state index is 13.4. The third kappa shape index (κ3) is 4.18. The summed E-state index contributed by atoms with van der Waals surface area (Å²) in [7, 11) is -4.02. The Hall–Kier alpha value is -2.46. The molecule has 0 bridgehead atoms. The van der Waals surface area contributed by atoms with Crippen molar-refractivity contribution in [3.63, 3.8) is 0 Å². The molecular weight excluding hydrogens is 494 g/mol. The summed E-state index contributed by atoms with van der Waals surface area (Å²) in [5.41, 5.74) is 0.160. The average Bonchev–Trinajstić information content (AvgIpc) is 3.37. The maximum Gasteiger partial charge on any atom is 0.387 e. The minimum absolute atomic E-state index is 0.0299. The Bertz CT molecular complexity index is 1260. The molecule has 0 unspecified atom stereocenters. The van der Waals surface area contributed by atoms with Gasteiger partial charge in [-0.25, -0.2) is 12.4 Å². The number of nitrogens with zero attached hydrogens (tertiary/aromatic N) is 1. The summed E-state index contributed by atoms with van der Waals surface area (Å²) in [6, 6.07) is 12.2. The number of nitrogens with one attached hydrogen (secondary N) is 1. The lowest BCUT2D eigenvalue weighted by atomic mass is 10.1. The van der Waals surface area contributed by atoms with Crippen LogP contribution in [0.15, 0.2) is 57.9 Å². The van der Waals surface area contributed by atoms with Gasteiger partial charge in [0.15, 0.2) is 0 Å². The number of amides is 1. The van der Waals surface area contributed by atoms with Crippen LogP contribution in [0.1, 0.15) is 25.5 Å². The highest BCUT2D eigenvalue weighted by atomic mass is 79.9. The van der Waals surface area contributed by atoms with E-state index in [1.165, 1.54) is 24.3 Å². The second-order valence-electron chi connectivity index (χ2n) is 7.68. The molecule has 6 nitrogen and oxygen atoms in total. The number of halogens is 3. The normalized spacial score (nSPS) is 15.3. The summed E-state index contributed by atoms with van der Waals surface area (Å²) in [6.45, 7) is -1.21. The third-order valence-electron chi connectivity index (χ3n) is 5.36. The standard InChI is InChI=1S/C21H19BrF2N2O4S/c1-21(7-8-21)19(27)25-12-14-9-13-10-18(30-20(23)24)16(22)11-17(13)26(14)31(28,29)15-5-3-2-4-6-15/h2-6,9-11,20H,7-8,12H2,1H3,(H,25,27). The van der Waals surface area contributed by atoms with E-state index in [2.05, 4.69) is 26.0 Å². The van der Waals surface area contributed by atoms with Gasteiger partial charge in [0.2, 0.25) is 5.91 Å². The van der Waals surface area contributed by atoms with Crippen molar-refractivity contribution in [1.82, 2.24) is 9.29 Å². The van der Waals surface area contributed by atoms with E-state index >= 15 is 0 Å². The van der Waals surface area contributed by atoms with Crippen LogP contribution >= 0.6 is 15.9 Å². The van der Waals surface area contributed by atoms with Crippen molar-refractivity contribution in [1.29, 1.82) is 0 Å². The molecule has 0 atom stereocenters. The fraction of sp³-hybridized carbons (Fsp3) is 0.286. The molecule has 1 amide bonds. The molecule has 1 aromatic heterocycles. The smallest absolute Gasteiger partial charge is 0.387 e. The second kappa shape index (κ2) is 7.90. The molecule has 31 heavy (non-hydrogen) atoms. The number of rotatable bonds is 7. The minimum atomic E-state index is -4.02. The molecule has 2 aromatic carbocycles. The van der Waals surface area contributed by atoms with Crippen LogP contribution in [0.3, 0.4) is 0 Å². The number of benzene rings is 2. The molecule has 1 fully saturated rings. The number of ether oxygens (including phenoxy) is 1. The van der Waals surface area contributed by atoms with Crippen molar-refractivity contribution in [2.75, 3.05) is 0 Å². The van der Waals surface area contributed by atoms with E-state index in [-0.39, 0.29) is 33.1 Å². The summed E-state index contributed by atoms with van der Waals surface area (Å²) in [4.78, 5) is 12.5. The first-order valence-electron chi connectivity index (χ1n) is 9.49. The summed E-state index contributed by atoms with van der Waals surface area (Å²) in [6.07, 6.45) is 1.57. The second-order valence-corrected chi connectivity index (χ2v) is 10.3. The van der Waals surface area contributed by atoms with E-state index in [1.54, 1.807) is 24.3 Å². The highest BCUT2D eigenvalue weighted by Gasteiger charge is 2.44. The summed E-state index contributed by atoms with van der Waals surface area (Å²) >= 11 is 3.17. The van der Waals surface area contributed by atoms with Gasteiger partial charge in [0, 0.05) is 10.8 Å². The largest absolute Gasteiger partial charge is 0.434 e. The quantitative estimate of drug-likeness (QED) is 0.499. The first kappa shape index (κ1) is 21.8. The molecule has 1 N–H and O–H groups in total. The maximum atomic E-state index is 13.4. The Morgan fingerprint density at radius 1 is 1.23 bits per heavy atom. The fourth-order valence-corrected chi connectivity index (χ4v) is 5.31. The molecule has 3 aromatic rings. The predicted octanol–water partition coefficient (Wildman–Crippen LogP) is 4.66. The SMILES string of the molecule is CC1(C(=O)NCc2cc3cc(OC(F)F)c(Br)cc3n2S(=O)(=O)c2ccccc2)CC1. The van der Waals surface area contributed by atoms with Crippen LogP contribution < -0.4 is 10.1 Å². The number of hydrogen-bond acceptors (Lipinski definition) is 4. The van der Waals surface area contributed by atoms with Crippen LogP contribution in [-0.4, -0.2) is 24.9 Å². The molecule has 1 aliphatic rings. The van der Waals surface area contributed by atoms with Gasteiger partial charge in [-0.3, -0.25) is 4.79 Å². The van der Waals surface area contributed by atoms with Crippen molar-refractivity contribution in [3.05, 3.63) is 58.7 Å². The molecule has 10 heteroatoms. The number of carbonyl (C=O) groups excluding carboxylic acids is 1. The van der Waals surface area contributed by atoms with Crippen LogP contribution in [0.25, 0.3) is 10.9 Å². The molecular formula is C21H19BrF2N2O4S. The first-order chi connectivity index (χ1) is 14.6. The summed E-state index contributed by atoms with van der Waals surface area (Å²) < 4.78 is 58.2. The van der Waals surface area contributed by atoms with Crippen LogP contribution in [0.2, 0.25) is 0 Å². The zero-order valence-electron chi connectivity index (χ0n) is 16.4. The van der Waals surface area contributed by atoms with Crippen LogP contribution in [0, 0.1) is 5.41 Å². The molecule has 4 rings (SSSR count). The van der Waals surface area contributed by atoms with Gasteiger partial charge in [-0.15, -0.1) is 0 Å². The van der Waals surface area contributed by atoms with Crippen molar-refractivity contribution in [2.45, 2.75) is 37.8 Å². The monoisotopic (exact) mass is 512 g/mol. The lowest BCUT2D eigenvalue weighted by molar-refractivity contribution is -0.125. The van der Waals surface area contributed by atoms with Gasteiger partial charge >= 0.3 is 6.61 Å². The number of fused-ring (bicyclic) bond motifs is 1. The van der Waals surface area contributed by atoms with E-state index in [0.717, 1.165) is 16.8 Å². The third-order valence-corrected chi connectivity index (χ3v) is 7.76. The van der Waals surface area contributed by atoms with Crippen LogP contribution in [0.5, 0.6) is 5.75 Å². The van der Waals surface area contributed by atoms with Crippen molar-refractivity contribution in [3.8, 4) is 5.75 Å². The Morgan fingerprint density at radius 2 is 1.90 bits per heavy atom. The highest BCUT2D eigenvalue weighted by molar-refractivity contribution is 9.10. The summed E-state index contributed by atoms with van der Waals surface area (Å²) in [5, 5.41) is 3.19. The van der Waals surface area contributed by atoms with Gasteiger partial charge in [-0.1, -0.05) is 25.1 Å². The van der Waals surface area contributed by atoms with E-state index in [0.29, 0.717) is 11.1 Å². The average molecular weight is 513 g/mol. The number of hydrogen-bond donors (Lipinski definition) is 1. The van der Waals surface area contributed by atoms with Gasteiger partial charge in [0.25, 0.3) is 10.0 Å². The van der Waals surface area contributed by atoms with E-state index in [1.807, 2.05) is 6.92 Å². The molecule has 0 saturated heterocycles. The predicted molar refractivity (Wildman–Crippen MR) is 114 cm³/mol. The zero-order valence-corrected chi connectivity index (χ0v) is 18.8. The zero-order chi connectivity index (χ0) is 22.4. The van der Waals surface area contributed by atoms with E-state index < -0.39 is 22.0 Å². The molecule has 1 saturated carbocycles. The highest BCUT2D eigenvalue weighted by Crippen LogP contribution is 2.45. The number of aromatic nitrogens is 1. The Morgan fingerprint density at radius 3 is 2.52 bits per heavy atom. The summed E-state index contributed by atoms with van der Waals surface area (Å²) in [5.74, 6) is -0.262. The number of carbonyl (C=O) groups is 1. The molecule has 164 valence electrons. The van der Waals surface area contributed by atoms with E-state index in [9.17, 15) is 22.0 Å². The van der Waals surface area contributed by atoms with Crippen molar-refractivity contribution >= 4 is 42.8 Å². The fourth-order valence-electron chi connectivity index (χ4n) is 3.33. The molecule has 0 spiro atoms. The molecule has 1 heterocycles. The van der Waals surface area contributed by atoms with Crippen LogP contribution in [0.4, 0.5) is 8.78 Å². The first-order valence-corrected chi connectivity index (χ1v) is 11.7. The number of alkyl halides is 2. The van der Waals surface area contributed by atoms with Gasteiger partial charge in [0.05, 0.1) is 27.1 Å². The molecule has 0 aliphatic heterocycles. The Kier molecular flexibility index (Phi) is 5.55. The Labute approximate surface area is 186 Å². The topological polar surface area (TPSA) is 77.4 Å². The van der Waals surface area contributed by atoms with Crippen molar-refractivity contribution in [2.24, 2.45) is 5.41 Å². The lowest BCUT2D eigenvalue weighted by Crippen LogP contribution is -2.31. The Balaban J connectivity index is 1.84. The molecule has 1 aliphatic carbocycles. The van der Waals surface area contributed by atoms with Crippen LogP contribution in [-0.2, 0) is 21.4 Å². The lowest BCUT2D eigenvalue weighted by Gasteiger charge is -2.14. The minimum Gasteiger partial charge on any atom is -0.434 e. The van der Waals surface area contributed by atoms with Crippen molar-refractivity contribution < 1.29 is 26.7 Å². The van der Waals surface area contributed by atoms with Gasteiger partial charge in [-0.2, -0.15) is 8.78 Å². The van der Waals surface area contributed by atoms with Gasteiger partial charge in [-0.05, 0) is 59.1 Å². The van der Waals surface area contributed by atoms with E-state index in [4.69, 9.17) is 0 Å². The van der Waals surface area contributed by atoms with Gasteiger partial charge < -0.3 is 10.1 Å². The molecule has 0 radical (unpaired) electrons. The van der Waals surface area contributed by atoms with Gasteiger partial charge in [0.1, 0.15) is 5.75 Å².